The predicted octanol–water partition coefficient (Wildman–Crippen LogP) is 1.39. The van der Waals surface area contributed by atoms with Crippen molar-refractivity contribution in [1.82, 2.24) is 4.98 Å². The predicted molar refractivity (Wildman–Crippen MR) is 70.3 cm³/mol. The van der Waals surface area contributed by atoms with Gasteiger partial charge in [-0.25, -0.2) is 4.98 Å². The normalized spacial score (nSPS) is 31.3. The Kier molecular flexibility index (Phi) is 3.99. The molecular weight excluding hydrogens is 268 g/mol. The van der Waals surface area contributed by atoms with E-state index in [1.54, 1.807) is 18.4 Å². The Labute approximate surface area is 116 Å². The zero-order chi connectivity index (χ0) is 13.2. The fourth-order valence-electron chi connectivity index (χ4n) is 2.25. The summed E-state index contributed by atoms with van der Waals surface area (Å²) in [4.78, 5) is 6.85. The summed E-state index contributed by atoms with van der Waals surface area (Å²) < 4.78 is 21.6. The Hall–Kier alpha value is -0.730. The summed E-state index contributed by atoms with van der Waals surface area (Å²) in [5.74, 6) is 0. The highest BCUT2D eigenvalue weighted by Gasteiger charge is 2.32. The second-order valence-corrected chi connectivity index (χ2v) is 5.44. The van der Waals surface area contributed by atoms with Crippen LogP contribution in [0.25, 0.3) is 0 Å². The number of aromatic nitrogens is 1. The molecule has 0 saturated carbocycles. The van der Waals surface area contributed by atoms with Crippen molar-refractivity contribution in [1.29, 1.82) is 0 Å². The van der Waals surface area contributed by atoms with Crippen molar-refractivity contribution in [2.24, 2.45) is 0 Å². The van der Waals surface area contributed by atoms with Gasteiger partial charge >= 0.3 is 0 Å². The van der Waals surface area contributed by atoms with Crippen LogP contribution in [0.4, 0.5) is 5.13 Å². The van der Waals surface area contributed by atoms with E-state index >= 15 is 0 Å². The van der Waals surface area contributed by atoms with Gasteiger partial charge in [-0.2, -0.15) is 0 Å². The number of anilines is 1. The highest BCUT2D eigenvalue weighted by atomic mass is 32.1. The Bertz CT molecular complexity index is 420. The van der Waals surface area contributed by atoms with E-state index in [9.17, 15) is 0 Å². The summed E-state index contributed by atoms with van der Waals surface area (Å²) in [5.41, 5.74) is 0.848. The largest absolute Gasteiger partial charge is 0.382 e. The van der Waals surface area contributed by atoms with Crippen LogP contribution in [0, 0.1) is 0 Å². The molecule has 1 atom stereocenters. The lowest BCUT2D eigenvalue weighted by Gasteiger charge is -2.35. The summed E-state index contributed by atoms with van der Waals surface area (Å²) in [6.07, 6.45) is -0.429. The van der Waals surface area contributed by atoms with E-state index in [1.165, 1.54) is 0 Å². The Balaban J connectivity index is 1.69. The quantitative estimate of drug-likeness (QED) is 0.833. The fourth-order valence-corrected chi connectivity index (χ4v) is 3.18. The summed E-state index contributed by atoms with van der Waals surface area (Å²) >= 11 is 1.61. The Morgan fingerprint density at radius 3 is 3.11 bits per heavy atom. The van der Waals surface area contributed by atoms with Crippen LogP contribution in [0.2, 0.25) is 0 Å². The molecular formula is C12H18N2O4S. The first-order valence-corrected chi connectivity index (χ1v) is 7.25. The molecule has 0 aliphatic carbocycles. The van der Waals surface area contributed by atoms with Crippen molar-refractivity contribution < 1.29 is 18.9 Å². The van der Waals surface area contributed by atoms with Crippen LogP contribution >= 0.6 is 11.3 Å². The molecule has 106 valence electrons. The number of rotatable bonds is 4. The maximum absolute atomic E-state index is 5.49. The minimum absolute atomic E-state index is 0.125. The zero-order valence-electron chi connectivity index (χ0n) is 11.1. The molecule has 6 nitrogen and oxygen atoms in total. The monoisotopic (exact) mass is 286 g/mol. The third-order valence-electron chi connectivity index (χ3n) is 3.21. The molecule has 2 aliphatic heterocycles. The van der Waals surface area contributed by atoms with Crippen LogP contribution in [0.5, 0.6) is 0 Å². The van der Waals surface area contributed by atoms with Gasteiger partial charge in [-0.1, -0.05) is 0 Å². The molecule has 0 radical (unpaired) electrons. The topological polar surface area (TPSA) is 53.1 Å². The van der Waals surface area contributed by atoms with Gasteiger partial charge in [-0.3, -0.25) is 0 Å². The second-order valence-electron chi connectivity index (χ2n) is 4.60. The lowest BCUT2D eigenvalue weighted by Crippen LogP contribution is -2.48. The molecule has 2 saturated heterocycles. The van der Waals surface area contributed by atoms with Gasteiger partial charge in [0.1, 0.15) is 5.69 Å². The van der Waals surface area contributed by atoms with E-state index in [2.05, 4.69) is 9.88 Å². The summed E-state index contributed by atoms with van der Waals surface area (Å²) in [7, 11) is 1.71. The van der Waals surface area contributed by atoms with Crippen molar-refractivity contribution in [2.75, 3.05) is 38.4 Å². The third-order valence-corrected chi connectivity index (χ3v) is 4.11. The Morgan fingerprint density at radius 1 is 1.53 bits per heavy atom. The zero-order valence-corrected chi connectivity index (χ0v) is 11.9. The van der Waals surface area contributed by atoms with Crippen molar-refractivity contribution in [3.8, 4) is 0 Å². The minimum Gasteiger partial charge on any atom is -0.382 e. The molecule has 0 N–H and O–H groups in total. The van der Waals surface area contributed by atoms with Crippen molar-refractivity contribution in [3.05, 3.63) is 11.1 Å². The summed E-state index contributed by atoms with van der Waals surface area (Å²) in [5, 5.41) is 2.97. The van der Waals surface area contributed by atoms with E-state index in [-0.39, 0.29) is 18.6 Å². The van der Waals surface area contributed by atoms with Crippen LogP contribution in [-0.4, -0.2) is 50.8 Å². The smallest absolute Gasteiger partial charge is 0.207 e. The lowest BCUT2D eigenvalue weighted by molar-refractivity contribution is -0.383. The van der Waals surface area contributed by atoms with Crippen molar-refractivity contribution >= 4 is 16.5 Å². The van der Waals surface area contributed by atoms with Gasteiger partial charge in [0.15, 0.2) is 11.4 Å². The molecule has 0 bridgehead atoms. The molecule has 0 aromatic carbocycles. The minimum atomic E-state index is -0.304. The van der Waals surface area contributed by atoms with Gasteiger partial charge in [0.25, 0.3) is 0 Å². The Morgan fingerprint density at radius 2 is 2.37 bits per heavy atom. The number of nitrogens with zero attached hydrogens (tertiary/aromatic N) is 2. The van der Waals surface area contributed by atoms with E-state index < -0.39 is 0 Å². The number of hydrogen-bond acceptors (Lipinski definition) is 7. The van der Waals surface area contributed by atoms with Crippen LogP contribution in [0.1, 0.15) is 18.9 Å². The van der Waals surface area contributed by atoms with Crippen molar-refractivity contribution in [3.63, 3.8) is 0 Å². The number of hydrogen-bond donors (Lipinski definition) is 0. The van der Waals surface area contributed by atoms with Gasteiger partial charge in [-0.15, -0.1) is 11.3 Å². The van der Waals surface area contributed by atoms with Gasteiger partial charge in [0.05, 0.1) is 25.9 Å². The molecule has 1 unspecified atom stereocenters. The number of thiazole rings is 1. The first-order valence-electron chi connectivity index (χ1n) is 6.37. The SMILES string of the molecule is COCC1COCCN1c1nc(C2OC(C)O2)cs1. The number of morpholine rings is 1. The van der Waals surface area contributed by atoms with Crippen LogP contribution < -0.4 is 4.90 Å². The van der Waals surface area contributed by atoms with Gasteiger partial charge in [-0.05, 0) is 6.92 Å². The van der Waals surface area contributed by atoms with E-state index in [0.29, 0.717) is 13.2 Å². The molecule has 2 aliphatic rings. The van der Waals surface area contributed by atoms with Crippen LogP contribution in [0.15, 0.2) is 5.38 Å². The molecule has 3 rings (SSSR count). The summed E-state index contributed by atoms with van der Waals surface area (Å²) in [6.45, 7) is 4.76. The average molecular weight is 286 g/mol. The van der Waals surface area contributed by atoms with Crippen molar-refractivity contribution in [2.45, 2.75) is 25.5 Å². The van der Waals surface area contributed by atoms with E-state index in [1.807, 2.05) is 12.3 Å². The first kappa shape index (κ1) is 13.3. The molecule has 1 aromatic rings. The van der Waals surface area contributed by atoms with Crippen LogP contribution in [0.3, 0.4) is 0 Å². The van der Waals surface area contributed by atoms with E-state index in [4.69, 9.17) is 18.9 Å². The number of ether oxygens (including phenoxy) is 4. The highest BCUT2D eigenvalue weighted by Crippen LogP contribution is 2.34. The lowest BCUT2D eigenvalue weighted by atomic mass is 10.2. The van der Waals surface area contributed by atoms with Gasteiger partial charge in [0.2, 0.25) is 6.29 Å². The highest BCUT2D eigenvalue weighted by molar-refractivity contribution is 7.13. The molecule has 0 spiro atoms. The van der Waals surface area contributed by atoms with Gasteiger partial charge in [0, 0.05) is 19.0 Å². The molecule has 1 aromatic heterocycles. The maximum atomic E-state index is 5.49. The maximum Gasteiger partial charge on any atom is 0.207 e. The average Bonchev–Trinajstić information content (AvgIpc) is 2.85. The third kappa shape index (κ3) is 2.75. The van der Waals surface area contributed by atoms with Gasteiger partial charge < -0.3 is 23.8 Å². The van der Waals surface area contributed by atoms with E-state index in [0.717, 1.165) is 24.0 Å². The standard InChI is InChI=1S/C12H18N2O4S/c1-8-17-11(18-8)10-7-19-12(13-10)14-3-4-16-6-9(14)5-15-2/h7-9,11H,3-6H2,1-2H3. The molecule has 19 heavy (non-hydrogen) atoms. The van der Waals surface area contributed by atoms with Crippen LogP contribution in [-0.2, 0) is 18.9 Å². The molecule has 7 heteroatoms. The molecule has 0 amide bonds. The second kappa shape index (κ2) is 5.72. The molecule has 3 heterocycles. The summed E-state index contributed by atoms with van der Waals surface area (Å²) in [6, 6.07) is 0.222. The number of methoxy groups -OCH3 is 1. The first-order chi connectivity index (χ1) is 9.28. The molecule has 2 fully saturated rings. The fraction of sp³-hybridized carbons (Fsp3) is 0.750.